The molecule has 29 heavy (non-hydrogen) atoms. The van der Waals surface area contributed by atoms with Crippen molar-refractivity contribution in [2.24, 2.45) is 0 Å². The van der Waals surface area contributed by atoms with E-state index in [0.717, 1.165) is 16.5 Å². The number of nitrogens with one attached hydrogen (secondary N) is 1. The minimum absolute atomic E-state index is 0.0569. The van der Waals surface area contributed by atoms with Crippen LogP contribution < -0.4 is 5.32 Å². The van der Waals surface area contributed by atoms with Gasteiger partial charge in [-0.05, 0) is 23.3 Å². The third-order valence-corrected chi connectivity index (χ3v) is 7.80. The number of rotatable bonds is 7. The van der Waals surface area contributed by atoms with Crippen LogP contribution in [0.1, 0.15) is 18.1 Å². The van der Waals surface area contributed by atoms with Crippen LogP contribution >= 0.6 is 0 Å². The van der Waals surface area contributed by atoms with E-state index in [2.05, 4.69) is 5.32 Å². The minimum atomic E-state index is -3.95. The molecule has 0 bridgehead atoms. The number of nitrogens with zero attached hydrogens (tertiary/aromatic N) is 1. The summed E-state index contributed by atoms with van der Waals surface area (Å²) in [7, 11) is -7.37. The normalized spacial score (nSPS) is 18.1. The molecule has 0 radical (unpaired) electrons. The first-order chi connectivity index (χ1) is 13.7. The first kappa shape index (κ1) is 21.2. The van der Waals surface area contributed by atoms with E-state index in [1.165, 1.54) is 29.4 Å². The number of hydrogen-bond acceptors (Lipinski definition) is 5. The predicted octanol–water partition coefficient (Wildman–Crippen LogP) is 1.82. The van der Waals surface area contributed by atoms with Crippen molar-refractivity contribution < 1.29 is 21.6 Å². The Morgan fingerprint density at radius 3 is 2.28 bits per heavy atom. The summed E-state index contributed by atoms with van der Waals surface area (Å²) in [6.07, 6.45) is 1.42. The highest BCUT2D eigenvalue weighted by Crippen LogP contribution is 2.26. The molecule has 1 amide bonds. The highest BCUT2D eigenvalue weighted by molar-refractivity contribution is 7.94. The second-order valence-corrected chi connectivity index (χ2v) is 10.6. The van der Waals surface area contributed by atoms with Crippen LogP contribution in [0.5, 0.6) is 0 Å². The van der Waals surface area contributed by atoms with Gasteiger partial charge in [0.05, 0.1) is 16.7 Å². The fraction of sp³-hybridized carbons (Fsp3) is 0.250. The molecule has 7 nitrogen and oxygen atoms in total. The molecule has 1 atom stereocenters. The molecule has 0 unspecified atom stereocenters. The van der Waals surface area contributed by atoms with Crippen LogP contribution in [0.3, 0.4) is 0 Å². The molecule has 154 valence electrons. The molecule has 1 N–H and O–H groups in total. The second-order valence-electron chi connectivity index (χ2n) is 6.81. The van der Waals surface area contributed by atoms with Gasteiger partial charge in [-0.3, -0.25) is 4.79 Å². The molecule has 0 aliphatic carbocycles. The molecule has 0 aromatic heterocycles. The zero-order chi connectivity index (χ0) is 21.1. The lowest BCUT2D eigenvalue weighted by Crippen LogP contribution is -2.40. The number of sulfone groups is 1. The fourth-order valence-electron chi connectivity index (χ4n) is 3.02. The zero-order valence-corrected chi connectivity index (χ0v) is 17.5. The van der Waals surface area contributed by atoms with Crippen LogP contribution in [0.2, 0.25) is 0 Å². The number of benzene rings is 2. The van der Waals surface area contributed by atoms with Gasteiger partial charge >= 0.3 is 0 Å². The Kier molecular flexibility index (Phi) is 6.21. The fourth-order valence-corrected chi connectivity index (χ4v) is 5.99. The quantitative estimate of drug-likeness (QED) is 0.716. The maximum absolute atomic E-state index is 13.3. The molecule has 1 heterocycles. The second kappa shape index (κ2) is 8.48. The molecule has 9 heteroatoms. The van der Waals surface area contributed by atoms with Gasteiger partial charge in [0.1, 0.15) is 0 Å². The Morgan fingerprint density at radius 1 is 1.07 bits per heavy atom. The Balaban J connectivity index is 1.91. The number of carbonyl (C=O) groups excluding carboxylic acids is 1. The third-order valence-electron chi connectivity index (χ3n) is 4.53. The van der Waals surface area contributed by atoms with Crippen molar-refractivity contribution in [1.29, 1.82) is 0 Å². The molecule has 0 fully saturated rings. The molecule has 1 aliphatic rings. The molecular weight excluding hydrogens is 412 g/mol. The Hall–Kier alpha value is -2.49. The van der Waals surface area contributed by atoms with E-state index in [1.54, 1.807) is 36.4 Å². The summed E-state index contributed by atoms with van der Waals surface area (Å²) in [6, 6.07) is 14.5. The molecule has 0 saturated carbocycles. The summed E-state index contributed by atoms with van der Waals surface area (Å²) < 4.78 is 51.7. The minimum Gasteiger partial charge on any atom is -0.352 e. The van der Waals surface area contributed by atoms with Crippen molar-refractivity contribution in [1.82, 2.24) is 9.62 Å². The summed E-state index contributed by atoms with van der Waals surface area (Å²) in [4.78, 5) is 11.1. The van der Waals surface area contributed by atoms with E-state index in [0.29, 0.717) is 6.54 Å². The van der Waals surface area contributed by atoms with Crippen molar-refractivity contribution in [3.63, 3.8) is 0 Å². The zero-order valence-electron chi connectivity index (χ0n) is 15.9. The average Bonchev–Trinajstić information content (AvgIpc) is 3.04. The summed E-state index contributed by atoms with van der Waals surface area (Å²) in [6.45, 7) is 1.76. The van der Waals surface area contributed by atoms with Crippen molar-refractivity contribution >= 4 is 25.8 Å². The van der Waals surface area contributed by atoms with Crippen LogP contribution in [0.15, 0.2) is 71.0 Å². The molecule has 2 aromatic rings. The summed E-state index contributed by atoms with van der Waals surface area (Å²) in [5.41, 5.74) is 1.52. The van der Waals surface area contributed by atoms with E-state index in [1.807, 2.05) is 6.07 Å². The Bertz CT molecular complexity index is 1110. The molecule has 2 aromatic carbocycles. The van der Waals surface area contributed by atoms with Gasteiger partial charge in [-0.15, -0.1) is 0 Å². The Morgan fingerprint density at radius 2 is 1.72 bits per heavy atom. The van der Waals surface area contributed by atoms with Gasteiger partial charge < -0.3 is 5.32 Å². The van der Waals surface area contributed by atoms with Crippen LogP contribution in [0.4, 0.5) is 0 Å². The highest BCUT2D eigenvalue weighted by atomic mass is 32.2. The SMILES string of the molecule is CC(=O)NCc1ccc(S(=O)(=O)N(Cc2ccccc2)[C@H]2C=CS(=O)(=O)C2)cc1. The topological polar surface area (TPSA) is 101 Å². The number of amides is 1. The largest absolute Gasteiger partial charge is 0.352 e. The molecule has 1 aliphatic heterocycles. The van der Waals surface area contributed by atoms with Gasteiger partial charge in [-0.2, -0.15) is 4.31 Å². The summed E-state index contributed by atoms with van der Waals surface area (Å²) >= 11 is 0. The van der Waals surface area contributed by atoms with Crippen molar-refractivity contribution in [2.45, 2.75) is 31.0 Å². The summed E-state index contributed by atoms with van der Waals surface area (Å²) in [5.74, 6) is -0.454. The van der Waals surface area contributed by atoms with Crippen LogP contribution in [0, 0.1) is 0 Å². The smallest absolute Gasteiger partial charge is 0.243 e. The number of hydrogen-bond donors (Lipinski definition) is 1. The molecular formula is C20H22N2O5S2. The molecule has 0 spiro atoms. The van der Waals surface area contributed by atoms with Gasteiger partial charge in [-0.1, -0.05) is 48.5 Å². The predicted molar refractivity (Wildman–Crippen MR) is 110 cm³/mol. The monoisotopic (exact) mass is 434 g/mol. The third kappa shape index (κ3) is 5.31. The van der Waals surface area contributed by atoms with Gasteiger partial charge in [0.15, 0.2) is 9.84 Å². The van der Waals surface area contributed by atoms with Crippen LogP contribution in [0.25, 0.3) is 0 Å². The Labute approximate surface area is 171 Å². The van der Waals surface area contributed by atoms with Gasteiger partial charge in [0, 0.05) is 25.4 Å². The maximum atomic E-state index is 13.3. The van der Waals surface area contributed by atoms with Crippen molar-refractivity contribution in [3.8, 4) is 0 Å². The van der Waals surface area contributed by atoms with E-state index >= 15 is 0 Å². The van der Waals surface area contributed by atoms with E-state index in [4.69, 9.17) is 0 Å². The first-order valence-corrected chi connectivity index (χ1v) is 12.1. The lowest BCUT2D eigenvalue weighted by Gasteiger charge is -2.27. The van der Waals surface area contributed by atoms with Gasteiger partial charge in [-0.25, -0.2) is 16.8 Å². The van der Waals surface area contributed by atoms with E-state index < -0.39 is 25.9 Å². The average molecular weight is 435 g/mol. The number of sulfonamides is 1. The van der Waals surface area contributed by atoms with Crippen molar-refractivity contribution in [3.05, 3.63) is 77.2 Å². The maximum Gasteiger partial charge on any atom is 0.243 e. The molecule has 3 rings (SSSR count). The first-order valence-electron chi connectivity index (χ1n) is 8.97. The lowest BCUT2D eigenvalue weighted by molar-refractivity contribution is -0.119. The molecule has 0 saturated heterocycles. The van der Waals surface area contributed by atoms with Crippen LogP contribution in [-0.4, -0.2) is 38.8 Å². The van der Waals surface area contributed by atoms with Gasteiger partial charge in [0.2, 0.25) is 15.9 Å². The van der Waals surface area contributed by atoms with E-state index in [-0.39, 0.29) is 23.1 Å². The van der Waals surface area contributed by atoms with Crippen molar-refractivity contribution in [2.75, 3.05) is 5.75 Å². The summed E-state index contributed by atoms with van der Waals surface area (Å²) in [5, 5.41) is 3.73. The standard InChI is InChI=1S/C20H22N2O5S2/c1-16(23)21-13-17-7-9-20(10-8-17)29(26,27)22(14-18-5-3-2-4-6-18)19-11-12-28(24,25)15-19/h2-12,19H,13-15H2,1H3,(H,21,23)/t19-/m0/s1. The number of carbonyl (C=O) groups is 1. The lowest BCUT2D eigenvalue weighted by atomic mass is 10.2. The van der Waals surface area contributed by atoms with Gasteiger partial charge in [0.25, 0.3) is 0 Å². The van der Waals surface area contributed by atoms with E-state index in [9.17, 15) is 21.6 Å². The van der Waals surface area contributed by atoms with Crippen LogP contribution in [-0.2, 0) is 37.7 Å². The highest BCUT2D eigenvalue weighted by Gasteiger charge is 2.35.